The predicted octanol–water partition coefficient (Wildman–Crippen LogP) is 19.5. The lowest BCUT2D eigenvalue weighted by atomic mass is 9.46. The van der Waals surface area contributed by atoms with Crippen molar-refractivity contribution in [3.05, 3.63) is 86.4 Å². The Labute approximate surface area is 495 Å². The first-order valence-electron chi connectivity index (χ1n) is 31.2. The number of methoxy groups -OCH3 is 2. The highest BCUT2D eigenvalue weighted by Gasteiger charge is 2.77. The molecule has 0 saturated heterocycles. The third kappa shape index (κ3) is 2.25. The number of hydrogen-bond acceptors (Lipinski definition) is 7. The van der Waals surface area contributed by atoms with Crippen LogP contribution in [0, 0.1) is 5.92 Å². The van der Waals surface area contributed by atoms with Crippen molar-refractivity contribution in [1.29, 1.82) is 0 Å². The normalized spacial score (nSPS) is 21.2. The minimum Gasteiger partial charge on any atom is -0.469 e. The van der Waals surface area contributed by atoms with Gasteiger partial charge >= 0.3 is 11.9 Å². The highest BCUT2D eigenvalue weighted by molar-refractivity contribution is 8.04. The molecule has 0 bridgehead atoms. The van der Waals surface area contributed by atoms with E-state index in [9.17, 15) is 0 Å². The molecule has 0 saturated carbocycles. The maximum Gasteiger partial charge on any atom is 0.339 e. The van der Waals surface area contributed by atoms with E-state index in [2.05, 4.69) is 58.6 Å². The van der Waals surface area contributed by atoms with E-state index < -0.39 is 23.6 Å². The Morgan fingerprint density at radius 2 is 0.557 bits per heavy atom. The highest BCUT2D eigenvalue weighted by atomic mass is 32.1. The van der Waals surface area contributed by atoms with Gasteiger partial charge in [0.05, 0.1) is 36.3 Å². The van der Waals surface area contributed by atoms with E-state index in [0.717, 1.165) is 10.9 Å². The molecule has 0 aliphatic heterocycles. The maximum absolute atomic E-state index is 17.1. The third-order valence-electron chi connectivity index (χ3n) is 28.5. The van der Waals surface area contributed by atoms with E-state index in [4.69, 9.17) is 9.47 Å². The second-order valence-electron chi connectivity index (χ2n) is 29.3. The zero-order valence-electron chi connectivity index (χ0n) is 45.2. The standard InChI is InChI=1S/C80H17O4PS3/c1-83-77(81)14-12-13(76(78(82)84-2)85(15-6-3-9-86-15,16-7-4-10-87-16)17-8-5-11-88-17)79-72-64-56-46-36-28-20-18-19-22-26-24(20)32-40-34(26)44-38-30(22)31-23(19)27-25-21(18)29(28)37-43-33(25)41-35(27)45-39(31)49-48(38)58-52(44)62-54(40)60(50(56)42(32)36)66(72)70(62)74-68(58)69-59(49)53(45)63-55(41)61-51(43)57(47(37)46)65(64)73(79)67(61)71(63)75(69)80(14,74)79/h3-12,14H,1-2H3. The van der Waals surface area contributed by atoms with E-state index in [0.29, 0.717) is 0 Å². The summed E-state index contributed by atoms with van der Waals surface area (Å²) in [6.07, 6.45) is 2.42. The number of hydrogen-bond donors (Lipinski definition) is 0. The predicted molar refractivity (Wildman–Crippen MR) is 373 cm³/mol. The summed E-state index contributed by atoms with van der Waals surface area (Å²) in [6.45, 7) is -3.16. The first kappa shape index (κ1) is 37.3. The molecule has 31 aromatic rings. The molecular weight excluding hydrogens is 1150 g/mol. The number of esters is 2. The van der Waals surface area contributed by atoms with Crippen molar-refractivity contribution in [3.63, 3.8) is 0 Å². The molecule has 384 valence electrons. The molecule has 0 amide bonds. The summed E-state index contributed by atoms with van der Waals surface area (Å²) in [4.78, 5) is 34.0. The van der Waals surface area contributed by atoms with Crippen molar-refractivity contribution in [2.75, 3.05) is 14.2 Å². The van der Waals surface area contributed by atoms with E-state index in [1.54, 1.807) is 124 Å². The number of carbonyl (C=O) groups excluding carboxylic acids is 2. The third-order valence-corrected chi connectivity index (χ3v) is 37.5. The van der Waals surface area contributed by atoms with Crippen molar-refractivity contribution in [3.8, 4) is 0 Å². The molecule has 3 aromatic heterocycles. The fraction of sp³-hybridized carbons (Fsp3) is 0.0625. The van der Waals surface area contributed by atoms with Crippen LogP contribution in [0.25, 0.3) is 291 Å². The lowest BCUT2D eigenvalue weighted by Crippen LogP contribution is -2.56. The first-order chi connectivity index (χ1) is 43.6. The molecule has 5 aliphatic rings. The second-order valence-corrected chi connectivity index (χ2v) is 36.2. The van der Waals surface area contributed by atoms with E-state index in [-0.39, 0.29) is 11.9 Å². The number of thiophene rings is 3. The molecule has 0 fully saturated rings. The Morgan fingerprint density at radius 3 is 0.761 bits per heavy atom. The highest BCUT2D eigenvalue weighted by Crippen LogP contribution is 2.87. The number of carbonyl (C=O) groups is 2. The molecule has 4 nitrogen and oxygen atoms in total. The monoisotopic (exact) mass is 1170 g/mol. The summed E-state index contributed by atoms with van der Waals surface area (Å²) in [6, 6.07) is 13.5. The minimum atomic E-state index is -3.16. The number of rotatable bonds is 6. The van der Waals surface area contributed by atoms with Crippen LogP contribution in [0.2, 0.25) is 0 Å². The molecule has 28 aromatic carbocycles. The van der Waals surface area contributed by atoms with Crippen molar-refractivity contribution in [2.24, 2.45) is 5.92 Å². The van der Waals surface area contributed by atoms with Crippen LogP contribution in [0.3, 0.4) is 0 Å². The van der Waals surface area contributed by atoms with Crippen molar-refractivity contribution in [2.45, 2.75) is 10.8 Å². The van der Waals surface area contributed by atoms with Gasteiger partial charge in [-0.1, -0.05) is 24.3 Å². The molecule has 2 spiro atoms. The molecule has 0 radical (unpaired) electrons. The summed E-state index contributed by atoms with van der Waals surface area (Å²) in [5, 5.41) is 88.3. The average Bonchev–Trinajstić information content (AvgIpc) is 1.38. The number of benzene rings is 18. The number of ether oxygens (including phenoxy) is 2. The lowest BCUT2D eigenvalue weighted by molar-refractivity contribution is -0.145. The zero-order valence-corrected chi connectivity index (χ0v) is 48.5. The molecule has 0 N–H and O–H groups in total. The Hall–Kier alpha value is -9.46. The summed E-state index contributed by atoms with van der Waals surface area (Å²) in [7, 11) is 3.28. The van der Waals surface area contributed by atoms with Crippen molar-refractivity contribution < 1.29 is 19.1 Å². The molecule has 36 rings (SSSR count). The van der Waals surface area contributed by atoms with Gasteiger partial charge in [0, 0.05) is 20.7 Å². The van der Waals surface area contributed by atoms with Gasteiger partial charge in [-0.3, -0.25) is 4.79 Å². The van der Waals surface area contributed by atoms with Gasteiger partial charge in [-0.15, -0.1) is 34.0 Å². The minimum absolute atomic E-state index is 0.219. The van der Waals surface area contributed by atoms with Gasteiger partial charge in [0.25, 0.3) is 0 Å². The molecule has 8 heteroatoms. The van der Waals surface area contributed by atoms with Crippen LogP contribution in [0.1, 0.15) is 22.3 Å². The van der Waals surface area contributed by atoms with Gasteiger partial charge in [-0.25, -0.2) is 4.79 Å². The van der Waals surface area contributed by atoms with Crippen LogP contribution in [-0.2, 0) is 29.9 Å². The van der Waals surface area contributed by atoms with E-state index in [1.807, 2.05) is 0 Å². The zero-order chi connectivity index (χ0) is 54.2. The smallest absolute Gasteiger partial charge is 0.339 e. The summed E-state index contributed by atoms with van der Waals surface area (Å²) in [5.41, 5.74) is 4.33. The maximum atomic E-state index is 17.1. The summed E-state index contributed by atoms with van der Waals surface area (Å²) >= 11 is 5.32. The quantitative estimate of drug-likeness (QED) is 0.0946. The summed E-state index contributed by atoms with van der Waals surface area (Å²) in [5.74, 6) is -1.32. The molecule has 3 heterocycles. The van der Waals surface area contributed by atoms with Crippen LogP contribution < -0.4 is 13.9 Å². The second kappa shape index (κ2) is 9.26. The van der Waals surface area contributed by atoms with Gasteiger partial charge < -0.3 is 9.47 Å². The molecule has 88 heavy (non-hydrogen) atoms. The summed E-state index contributed by atoms with van der Waals surface area (Å²) < 4.78 is 16.8. The van der Waals surface area contributed by atoms with Gasteiger partial charge in [-0.05, 0) is 353 Å². The van der Waals surface area contributed by atoms with Gasteiger partial charge in [0.1, 0.15) is 0 Å². The fourth-order valence-corrected chi connectivity index (χ4v) is 38.1. The Bertz CT molecular complexity index is 8350. The SMILES string of the molecule is COC(=O)C(C1=CC(C(=O)OC)C23c4c5c6c7c8c9c(c%10c%11c2c2c4c4c%12c5c5c6c6c8c8c%13c9c9c%10c%10c%11c%11c2c2c4c4c%12c%12c5c5c6c8c6c8c%13c9c9c%10c%10c%11c2c2c4c4c%12c5c6c5c8c9c%10c2c45)C173)=P(c1cccs1)(c1cccs1)c1cccs1. The molecule has 5 aliphatic carbocycles. The topological polar surface area (TPSA) is 52.6 Å². The first-order valence-corrected chi connectivity index (χ1v) is 35.6. The lowest BCUT2D eigenvalue weighted by Gasteiger charge is -2.54. The van der Waals surface area contributed by atoms with Crippen LogP contribution in [0.15, 0.2) is 64.2 Å². The average molecular weight is 1170 g/mol. The largest absolute Gasteiger partial charge is 0.469 e. The molecule has 1 atom stereocenters. The van der Waals surface area contributed by atoms with Crippen LogP contribution in [0.4, 0.5) is 0 Å². The Morgan fingerprint density at radius 1 is 0.330 bits per heavy atom. The Balaban J connectivity index is 1.02. The Kier molecular flexibility index (Phi) is 3.92. The van der Waals surface area contributed by atoms with E-state index in [1.165, 1.54) is 252 Å². The van der Waals surface area contributed by atoms with Crippen LogP contribution >= 0.6 is 40.9 Å². The molecule has 1 unspecified atom stereocenters. The van der Waals surface area contributed by atoms with Crippen LogP contribution in [0.5, 0.6) is 0 Å². The fourth-order valence-electron chi connectivity index (χ4n) is 27.9. The van der Waals surface area contributed by atoms with Crippen molar-refractivity contribution in [1.82, 2.24) is 0 Å². The van der Waals surface area contributed by atoms with Gasteiger partial charge in [0.15, 0.2) is 0 Å². The molecular formula is C80H17O4PS3. The van der Waals surface area contributed by atoms with Gasteiger partial charge in [0.2, 0.25) is 0 Å². The van der Waals surface area contributed by atoms with Crippen molar-refractivity contribution >= 4 is 363 Å². The van der Waals surface area contributed by atoms with E-state index >= 15 is 9.59 Å². The van der Waals surface area contributed by atoms with Gasteiger partial charge in [-0.2, -0.15) is 0 Å². The van der Waals surface area contributed by atoms with Crippen LogP contribution in [-0.4, -0.2) is 31.5 Å².